The third-order valence-corrected chi connectivity index (χ3v) is 4.47. The third kappa shape index (κ3) is 3.82. The van der Waals surface area contributed by atoms with Gasteiger partial charge in [0.15, 0.2) is 0 Å². The predicted octanol–water partition coefficient (Wildman–Crippen LogP) is 1.95. The van der Waals surface area contributed by atoms with Crippen LogP contribution in [0, 0.1) is 5.92 Å². The Labute approximate surface area is 142 Å². The van der Waals surface area contributed by atoms with Crippen LogP contribution in [0.3, 0.4) is 0 Å². The van der Waals surface area contributed by atoms with Crippen LogP contribution in [-0.2, 0) is 11.3 Å². The number of hydrogen-bond donors (Lipinski definition) is 2. The Morgan fingerprint density at radius 1 is 1.38 bits per heavy atom. The van der Waals surface area contributed by atoms with E-state index in [0.29, 0.717) is 12.4 Å². The zero-order chi connectivity index (χ0) is 16.9. The summed E-state index contributed by atoms with van der Waals surface area (Å²) in [4.78, 5) is 23.5. The van der Waals surface area contributed by atoms with Crippen molar-refractivity contribution in [1.29, 1.82) is 0 Å². The van der Waals surface area contributed by atoms with Crippen LogP contribution < -0.4 is 11.1 Å². The number of para-hydroxylation sites is 1. The molecule has 0 spiro atoms. The number of amides is 1. The predicted molar refractivity (Wildman–Crippen MR) is 95.3 cm³/mol. The van der Waals surface area contributed by atoms with Gasteiger partial charge in [-0.2, -0.15) is 0 Å². The van der Waals surface area contributed by atoms with Crippen molar-refractivity contribution in [2.45, 2.75) is 32.7 Å². The number of nitrogen functional groups attached to an aromatic ring is 1. The quantitative estimate of drug-likeness (QED) is 0.877. The van der Waals surface area contributed by atoms with Gasteiger partial charge < -0.3 is 11.1 Å². The topological polar surface area (TPSA) is 84.1 Å². The van der Waals surface area contributed by atoms with Gasteiger partial charge in [-0.25, -0.2) is 9.97 Å². The molecule has 0 saturated carbocycles. The Hall–Kier alpha value is -2.21. The summed E-state index contributed by atoms with van der Waals surface area (Å²) in [6, 6.07) is 7.77. The molecule has 1 aromatic carbocycles. The number of likely N-dealkylation sites (tertiary alicyclic amines) is 1. The lowest BCUT2D eigenvalue weighted by atomic mass is 9.97. The van der Waals surface area contributed by atoms with Gasteiger partial charge in [-0.1, -0.05) is 19.1 Å². The van der Waals surface area contributed by atoms with Crippen LogP contribution in [-0.4, -0.2) is 40.4 Å². The number of carbonyl (C=O) groups is 1. The molecule has 1 aromatic heterocycles. The van der Waals surface area contributed by atoms with Gasteiger partial charge in [0.1, 0.15) is 11.6 Å². The lowest BCUT2D eigenvalue weighted by molar-refractivity contribution is -0.126. The molecule has 6 heteroatoms. The number of aromatic nitrogens is 2. The molecule has 0 aliphatic carbocycles. The second kappa shape index (κ2) is 7.57. The molecule has 0 unspecified atom stereocenters. The number of carbonyl (C=O) groups excluding carboxylic acids is 1. The molecule has 1 atom stereocenters. The van der Waals surface area contributed by atoms with Crippen LogP contribution in [0.1, 0.15) is 32.0 Å². The van der Waals surface area contributed by atoms with Gasteiger partial charge in [0.25, 0.3) is 0 Å². The van der Waals surface area contributed by atoms with E-state index in [1.807, 2.05) is 24.3 Å². The van der Waals surface area contributed by atoms with Crippen molar-refractivity contribution in [2.24, 2.45) is 5.92 Å². The fourth-order valence-electron chi connectivity index (χ4n) is 3.23. The van der Waals surface area contributed by atoms with Gasteiger partial charge >= 0.3 is 0 Å². The number of rotatable bonds is 5. The van der Waals surface area contributed by atoms with E-state index in [-0.39, 0.29) is 11.8 Å². The minimum Gasteiger partial charge on any atom is -0.383 e. The Morgan fingerprint density at radius 3 is 3.04 bits per heavy atom. The van der Waals surface area contributed by atoms with Gasteiger partial charge in [0.05, 0.1) is 18.0 Å². The highest BCUT2D eigenvalue weighted by Crippen LogP contribution is 2.21. The fourth-order valence-corrected chi connectivity index (χ4v) is 3.23. The lowest BCUT2D eigenvalue weighted by Gasteiger charge is -2.31. The van der Waals surface area contributed by atoms with E-state index < -0.39 is 0 Å². The average Bonchev–Trinajstić information content (AvgIpc) is 2.60. The van der Waals surface area contributed by atoms with Crippen LogP contribution >= 0.6 is 0 Å². The van der Waals surface area contributed by atoms with Gasteiger partial charge in [-0.3, -0.25) is 9.69 Å². The first-order valence-electron chi connectivity index (χ1n) is 8.68. The van der Waals surface area contributed by atoms with Crippen molar-refractivity contribution >= 4 is 22.6 Å². The summed E-state index contributed by atoms with van der Waals surface area (Å²) in [6.07, 6.45) is 2.94. The minimum atomic E-state index is 0.0584. The summed E-state index contributed by atoms with van der Waals surface area (Å²) in [5.41, 5.74) is 6.93. The molecular weight excluding hydrogens is 302 g/mol. The Bertz CT molecular complexity index is 718. The van der Waals surface area contributed by atoms with Crippen LogP contribution in [0.5, 0.6) is 0 Å². The molecule has 0 radical (unpaired) electrons. The second-order valence-electron chi connectivity index (χ2n) is 6.41. The summed E-state index contributed by atoms with van der Waals surface area (Å²) in [6.45, 7) is 5.17. The SMILES string of the molecule is CCCNC(=O)[C@H]1CCCN(Cc2nc(N)c3ccccc3n2)C1. The normalized spacial score (nSPS) is 18.6. The van der Waals surface area contributed by atoms with Crippen molar-refractivity contribution in [3.63, 3.8) is 0 Å². The van der Waals surface area contributed by atoms with Crippen LogP contribution in [0.15, 0.2) is 24.3 Å². The molecule has 2 heterocycles. The number of piperidine rings is 1. The van der Waals surface area contributed by atoms with E-state index in [2.05, 4.69) is 27.1 Å². The first-order chi connectivity index (χ1) is 11.7. The maximum Gasteiger partial charge on any atom is 0.224 e. The smallest absolute Gasteiger partial charge is 0.224 e. The number of nitrogens with one attached hydrogen (secondary N) is 1. The first-order valence-corrected chi connectivity index (χ1v) is 8.68. The third-order valence-electron chi connectivity index (χ3n) is 4.47. The molecule has 3 N–H and O–H groups in total. The van der Waals surface area contributed by atoms with Gasteiger partial charge in [0, 0.05) is 18.5 Å². The van der Waals surface area contributed by atoms with Gasteiger partial charge in [-0.05, 0) is 37.9 Å². The number of anilines is 1. The Balaban J connectivity index is 1.68. The largest absolute Gasteiger partial charge is 0.383 e. The minimum absolute atomic E-state index is 0.0584. The first kappa shape index (κ1) is 16.6. The van der Waals surface area contributed by atoms with Crippen LogP contribution in [0.25, 0.3) is 10.9 Å². The summed E-state index contributed by atoms with van der Waals surface area (Å²) < 4.78 is 0. The van der Waals surface area contributed by atoms with Crippen molar-refractivity contribution < 1.29 is 4.79 Å². The summed E-state index contributed by atoms with van der Waals surface area (Å²) >= 11 is 0. The van der Waals surface area contributed by atoms with E-state index in [4.69, 9.17) is 5.73 Å². The number of hydrogen-bond acceptors (Lipinski definition) is 5. The molecular formula is C18H25N5O. The zero-order valence-corrected chi connectivity index (χ0v) is 14.2. The average molecular weight is 327 g/mol. The molecule has 6 nitrogen and oxygen atoms in total. The lowest BCUT2D eigenvalue weighted by Crippen LogP contribution is -2.43. The molecule has 2 aromatic rings. The number of nitrogens with two attached hydrogens (primary N) is 1. The number of nitrogens with zero attached hydrogens (tertiary/aromatic N) is 3. The number of benzene rings is 1. The maximum atomic E-state index is 12.2. The highest BCUT2D eigenvalue weighted by atomic mass is 16.1. The van der Waals surface area contributed by atoms with E-state index in [1.165, 1.54) is 0 Å². The van der Waals surface area contributed by atoms with Crippen molar-refractivity contribution in [3.8, 4) is 0 Å². The van der Waals surface area contributed by atoms with E-state index >= 15 is 0 Å². The summed E-state index contributed by atoms with van der Waals surface area (Å²) in [5, 5.41) is 3.89. The summed E-state index contributed by atoms with van der Waals surface area (Å²) in [7, 11) is 0. The molecule has 1 amide bonds. The monoisotopic (exact) mass is 327 g/mol. The Kier molecular flexibility index (Phi) is 5.25. The standard InChI is InChI=1S/C18H25N5O/c1-2-9-20-18(24)13-6-5-10-23(11-13)12-16-21-15-8-4-3-7-14(15)17(19)22-16/h3-4,7-8,13H,2,5-6,9-12H2,1H3,(H,20,24)(H2,19,21,22)/t13-/m0/s1. The maximum absolute atomic E-state index is 12.2. The molecule has 1 aliphatic rings. The molecule has 128 valence electrons. The van der Waals surface area contributed by atoms with E-state index in [9.17, 15) is 4.79 Å². The van der Waals surface area contributed by atoms with Crippen molar-refractivity contribution in [1.82, 2.24) is 20.2 Å². The van der Waals surface area contributed by atoms with Crippen molar-refractivity contribution in [3.05, 3.63) is 30.1 Å². The zero-order valence-electron chi connectivity index (χ0n) is 14.2. The molecule has 1 aliphatic heterocycles. The van der Waals surface area contributed by atoms with E-state index in [1.54, 1.807) is 0 Å². The molecule has 1 saturated heterocycles. The molecule has 24 heavy (non-hydrogen) atoms. The highest BCUT2D eigenvalue weighted by molar-refractivity contribution is 5.87. The van der Waals surface area contributed by atoms with E-state index in [0.717, 1.165) is 55.6 Å². The Morgan fingerprint density at radius 2 is 2.21 bits per heavy atom. The van der Waals surface area contributed by atoms with Crippen LogP contribution in [0.4, 0.5) is 5.82 Å². The fraction of sp³-hybridized carbons (Fsp3) is 0.500. The van der Waals surface area contributed by atoms with Gasteiger partial charge in [0.2, 0.25) is 5.91 Å². The summed E-state index contributed by atoms with van der Waals surface area (Å²) in [5.74, 6) is 1.47. The molecule has 1 fully saturated rings. The van der Waals surface area contributed by atoms with Gasteiger partial charge in [-0.15, -0.1) is 0 Å². The molecule has 3 rings (SSSR count). The molecule has 0 bridgehead atoms. The number of fused-ring (bicyclic) bond motifs is 1. The highest BCUT2D eigenvalue weighted by Gasteiger charge is 2.26. The second-order valence-corrected chi connectivity index (χ2v) is 6.41. The van der Waals surface area contributed by atoms with Crippen LogP contribution in [0.2, 0.25) is 0 Å². The van der Waals surface area contributed by atoms with Crippen molar-refractivity contribution in [2.75, 3.05) is 25.4 Å².